The van der Waals surface area contributed by atoms with Gasteiger partial charge >= 0.3 is 0 Å². The summed E-state index contributed by atoms with van der Waals surface area (Å²) in [6, 6.07) is 13.1. The fourth-order valence-electron chi connectivity index (χ4n) is 1.76. The van der Waals surface area contributed by atoms with E-state index in [9.17, 15) is 4.79 Å². The van der Waals surface area contributed by atoms with Crippen molar-refractivity contribution in [3.63, 3.8) is 0 Å². The number of carbonyl (C=O) groups is 1. The highest BCUT2D eigenvalue weighted by molar-refractivity contribution is 7.99. The standard InChI is InChI=1S/C16H15Cl2NOS2/c1-21-13-6-7-15(18)14(10-13)16(20)19-8-9-22-12-4-2-11(17)3-5-12/h2-7,10H,8-9H2,1H3,(H,19,20). The number of amides is 1. The minimum atomic E-state index is -0.141. The van der Waals surface area contributed by atoms with Crippen LogP contribution in [0.4, 0.5) is 0 Å². The highest BCUT2D eigenvalue weighted by atomic mass is 35.5. The van der Waals surface area contributed by atoms with Crippen molar-refractivity contribution in [1.82, 2.24) is 5.32 Å². The molecule has 0 fully saturated rings. The van der Waals surface area contributed by atoms with Crippen molar-refractivity contribution in [3.05, 3.63) is 58.1 Å². The molecular weight excluding hydrogens is 357 g/mol. The quantitative estimate of drug-likeness (QED) is 0.556. The van der Waals surface area contributed by atoms with E-state index in [2.05, 4.69) is 5.32 Å². The maximum atomic E-state index is 12.2. The lowest BCUT2D eigenvalue weighted by molar-refractivity contribution is 0.0956. The average Bonchev–Trinajstić information content (AvgIpc) is 2.53. The Morgan fingerprint density at radius 1 is 1.09 bits per heavy atom. The van der Waals surface area contributed by atoms with Crippen LogP contribution in [0.1, 0.15) is 10.4 Å². The van der Waals surface area contributed by atoms with Crippen LogP contribution in [-0.4, -0.2) is 24.5 Å². The first-order chi connectivity index (χ1) is 10.6. The van der Waals surface area contributed by atoms with E-state index in [0.717, 1.165) is 20.6 Å². The lowest BCUT2D eigenvalue weighted by Gasteiger charge is -2.08. The maximum absolute atomic E-state index is 12.2. The third-order valence-corrected chi connectivity index (χ3v) is 5.21. The molecule has 2 aromatic carbocycles. The van der Waals surface area contributed by atoms with E-state index >= 15 is 0 Å². The van der Waals surface area contributed by atoms with E-state index in [0.29, 0.717) is 17.1 Å². The van der Waals surface area contributed by atoms with Crippen LogP contribution in [0.5, 0.6) is 0 Å². The molecule has 0 saturated carbocycles. The van der Waals surface area contributed by atoms with Gasteiger partial charge in [0.1, 0.15) is 0 Å². The Morgan fingerprint density at radius 2 is 1.77 bits per heavy atom. The lowest BCUT2D eigenvalue weighted by atomic mass is 10.2. The minimum Gasteiger partial charge on any atom is -0.351 e. The third kappa shape index (κ3) is 5.13. The maximum Gasteiger partial charge on any atom is 0.252 e. The van der Waals surface area contributed by atoms with Crippen LogP contribution in [0.2, 0.25) is 10.0 Å². The largest absolute Gasteiger partial charge is 0.351 e. The van der Waals surface area contributed by atoms with Gasteiger partial charge in [-0.05, 0) is 48.7 Å². The van der Waals surface area contributed by atoms with Crippen molar-refractivity contribution in [2.45, 2.75) is 9.79 Å². The molecule has 0 heterocycles. The fraction of sp³-hybridized carbons (Fsp3) is 0.188. The van der Waals surface area contributed by atoms with Gasteiger partial charge in [0.15, 0.2) is 0 Å². The molecule has 0 unspecified atom stereocenters. The summed E-state index contributed by atoms with van der Waals surface area (Å²) >= 11 is 15.2. The van der Waals surface area contributed by atoms with Crippen molar-refractivity contribution in [1.29, 1.82) is 0 Å². The number of nitrogens with one attached hydrogen (secondary N) is 1. The van der Waals surface area contributed by atoms with Gasteiger partial charge in [0, 0.05) is 27.1 Å². The molecule has 0 aliphatic carbocycles. The Morgan fingerprint density at radius 3 is 2.45 bits per heavy atom. The molecule has 2 rings (SSSR count). The zero-order valence-corrected chi connectivity index (χ0v) is 15.1. The molecule has 6 heteroatoms. The van der Waals surface area contributed by atoms with E-state index < -0.39 is 0 Å². The number of benzene rings is 2. The van der Waals surface area contributed by atoms with Gasteiger partial charge in [0.2, 0.25) is 0 Å². The molecule has 1 N–H and O–H groups in total. The predicted octanol–water partition coefficient (Wildman–Crippen LogP) is 5.24. The summed E-state index contributed by atoms with van der Waals surface area (Å²) in [5.41, 5.74) is 0.519. The van der Waals surface area contributed by atoms with Crippen molar-refractivity contribution < 1.29 is 4.79 Å². The van der Waals surface area contributed by atoms with Gasteiger partial charge in [-0.1, -0.05) is 23.2 Å². The zero-order chi connectivity index (χ0) is 15.9. The van der Waals surface area contributed by atoms with E-state index in [4.69, 9.17) is 23.2 Å². The number of hydrogen-bond donors (Lipinski definition) is 1. The Hall–Kier alpha value is -0.810. The lowest BCUT2D eigenvalue weighted by Crippen LogP contribution is -2.26. The monoisotopic (exact) mass is 371 g/mol. The highest BCUT2D eigenvalue weighted by Crippen LogP contribution is 2.23. The molecular formula is C16H15Cl2NOS2. The minimum absolute atomic E-state index is 0.141. The number of hydrogen-bond acceptors (Lipinski definition) is 3. The van der Waals surface area contributed by atoms with Gasteiger partial charge in [-0.25, -0.2) is 0 Å². The summed E-state index contributed by atoms with van der Waals surface area (Å²) in [5, 5.41) is 4.09. The average molecular weight is 372 g/mol. The number of halogens is 2. The topological polar surface area (TPSA) is 29.1 Å². The Bertz CT molecular complexity index is 647. The van der Waals surface area contributed by atoms with Crippen molar-refractivity contribution >= 4 is 52.6 Å². The Labute approximate surface area is 149 Å². The van der Waals surface area contributed by atoms with Crippen LogP contribution >= 0.6 is 46.7 Å². The van der Waals surface area contributed by atoms with E-state index in [-0.39, 0.29) is 5.91 Å². The van der Waals surface area contributed by atoms with Gasteiger partial charge in [0.05, 0.1) is 10.6 Å². The summed E-state index contributed by atoms with van der Waals surface area (Å²) in [5.74, 6) is 0.644. The first-order valence-electron chi connectivity index (χ1n) is 6.60. The van der Waals surface area contributed by atoms with E-state index in [1.54, 1.807) is 29.6 Å². The molecule has 2 aromatic rings. The summed E-state index contributed by atoms with van der Waals surface area (Å²) in [6.07, 6.45) is 1.97. The second kappa shape index (κ2) is 8.73. The molecule has 0 saturated heterocycles. The number of rotatable bonds is 6. The molecule has 0 bridgehead atoms. The third-order valence-electron chi connectivity index (χ3n) is 2.89. The van der Waals surface area contributed by atoms with Gasteiger partial charge < -0.3 is 5.32 Å². The Balaban J connectivity index is 1.84. The molecule has 2 nitrogen and oxygen atoms in total. The van der Waals surface area contributed by atoms with Crippen LogP contribution in [0, 0.1) is 0 Å². The number of thioether (sulfide) groups is 2. The first-order valence-corrected chi connectivity index (χ1v) is 9.57. The molecule has 0 atom stereocenters. The van der Waals surface area contributed by atoms with Crippen molar-refractivity contribution in [3.8, 4) is 0 Å². The molecule has 0 spiro atoms. The molecule has 0 radical (unpaired) electrons. The van der Waals surface area contributed by atoms with Crippen LogP contribution in [0.15, 0.2) is 52.3 Å². The van der Waals surface area contributed by atoms with Gasteiger partial charge in [-0.3, -0.25) is 4.79 Å². The predicted molar refractivity (Wildman–Crippen MR) is 97.7 cm³/mol. The van der Waals surface area contributed by atoms with Gasteiger partial charge in [0.25, 0.3) is 5.91 Å². The molecule has 0 aliphatic heterocycles. The molecule has 0 aliphatic rings. The molecule has 116 valence electrons. The van der Waals surface area contributed by atoms with Crippen LogP contribution in [0.3, 0.4) is 0 Å². The van der Waals surface area contributed by atoms with Crippen LogP contribution in [0.25, 0.3) is 0 Å². The summed E-state index contributed by atoms with van der Waals surface area (Å²) < 4.78 is 0. The van der Waals surface area contributed by atoms with Crippen LogP contribution in [-0.2, 0) is 0 Å². The normalized spacial score (nSPS) is 10.5. The summed E-state index contributed by atoms with van der Waals surface area (Å²) in [6.45, 7) is 0.575. The Kier molecular flexibility index (Phi) is 6.96. The highest BCUT2D eigenvalue weighted by Gasteiger charge is 2.10. The van der Waals surface area contributed by atoms with Gasteiger partial charge in [-0.15, -0.1) is 23.5 Å². The van der Waals surface area contributed by atoms with Gasteiger partial charge in [-0.2, -0.15) is 0 Å². The molecule has 0 aromatic heterocycles. The number of carbonyl (C=O) groups excluding carboxylic acids is 1. The summed E-state index contributed by atoms with van der Waals surface area (Å²) in [4.78, 5) is 14.3. The molecule has 22 heavy (non-hydrogen) atoms. The van der Waals surface area contributed by atoms with E-state index in [1.807, 2.05) is 42.7 Å². The smallest absolute Gasteiger partial charge is 0.252 e. The second-order valence-corrected chi connectivity index (χ2v) is 7.30. The fourth-order valence-corrected chi connectivity index (χ4v) is 3.30. The zero-order valence-electron chi connectivity index (χ0n) is 11.9. The van der Waals surface area contributed by atoms with Crippen molar-refractivity contribution in [2.75, 3.05) is 18.6 Å². The van der Waals surface area contributed by atoms with E-state index in [1.165, 1.54) is 0 Å². The molecule has 1 amide bonds. The second-order valence-electron chi connectivity index (χ2n) is 4.40. The first kappa shape index (κ1) is 17.5. The summed E-state index contributed by atoms with van der Waals surface area (Å²) in [7, 11) is 0. The van der Waals surface area contributed by atoms with Crippen LogP contribution < -0.4 is 5.32 Å². The SMILES string of the molecule is CSc1ccc(Cl)c(C(=O)NCCSc2ccc(Cl)cc2)c1. The van der Waals surface area contributed by atoms with Crippen molar-refractivity contribution in [2.24, 2.45) is 0 Å².